The fourth-order valence-electron chi connectivity index (χ4n) is 2.67. The van der Waals surface area contributed by atoms with Crippen molar-refractivity contribution in [1.82, 2.24) is 5.32 Å². The Morgan fingerprint density at radius 1 is 0.931 bits per heavy atom. The van der Waals surface area contributed by atoms with Crippen molar-refractivity contribution >= 4 is 29.3 Å². The van der Waals surface area contributed by atoms with Crippen molar-refractivity contribution in [2.45, 2.75) is 6.42 Å². The van der Waals surface area contributed by atoms with Gasteiger partial charge in [0, 0.05) is 29.9 Å². The summed E-state index contributed by atoms with van der Waals surface area (Å²) in [7, 11) is 1.64. The first-order valence-electron chi connectivity index (χ1n) is 9.16. The second-order valence-electron chi connectivity index (χ2n) is 6.42. The number of ether oxygens (including phenoxy) is 1. The average molecular weight is 409 g/mol. The number of carbonyl (C=O) groups excluding carboxylic acids is 2. The summed E-state index contributed by atoms with van der Waals surface area (Å²) in [5.74, 6) is 0.189. The van der Waals surface area contributed by atoms with Crippen LogP contribution < -0.4 is 15.0 Å². The van der Waals surface area contributed by atoms with Crippen LogP contribution >= 0.6 is 11.6 Å². The monoisotopic (exact) mass is 408 g/mol. The molecule has 0 aliphatic rings. The van der Waals surface area contributed by atoms with Crippen LogP contribution in [-0.2, 0) is 6.42 Å². The lowest BCUT2D eigenvalue weighted by atomic mass is 10.1. The predicted octanol–water partition coefficient (Wildman–Crippen LogP) is 4.95. The molecule has 0 aliphatic heterocycles. The van der Waals surface area contributed by atoms with E-state index in [1.165, 1.54) is 4.90 Å². The van der Waals surface area contributed by atoms with E-state index in [1.54, 1.807) is 31.3 Å². The van der Waals surface area contributed by atoms with Crippen molar-refractivity contribution in [3.8, 4) is 5.75 Å². The first-order chi connectivity index (χ1) is 14.0. The number of halogens is 1. The molecule has 0 aromatic heterocycles. The fraction of sp³-hybridized carbons (Fsp3) is 0.130. The number of nitrogens with zero attached hydrogens (tertiary/aromatic N) is 1. The highest BCUT2D eigenvalue weighted by molar-refractivity contribution is 6.30. The third-order valence-electron chi connectivity index (χ3n) is 4.35. The van der Waals surface area contributed by atoms with Crippen LogP contribution in [0.5, 0.6) is 5.75 Å². The van der Waals surface area contributed by atoms with E-state index in [4.69, 9.17) is 16.3 Å². The zero-order valence-corrected chi connectivity index (χ0v) is 16.7. The summed E-state index contributed by atoms with van der Waals surface area (Å²) < 4.78 is 5.36. The van der Waals surface area contributed by atoms with E-state index in [-0.39, 0.29) is 5.91 Å². The predicted molar refractivity (Wildman–Crippen MR) is 115 cm³/mol. The molecule has 1 N–H and O–H groups in total. The molecule has 3 aromatic rings. The first kappa shape index (κ1) is 20.4. The highest BCUT2D eigenvalue weighted by Crippen LogP contribution is 2.17. The Bertz CT molecular complexity index is 958. The number of benzene rings is 3. The average Bonchev–Trinajstić information content (AvgIpc) is 2.75. The van der Waals surface area contributed by atoms with E-state index in [9.17, 15) is 9.59 Å². The number of anilines is 1. The lowest BCUT2D eigenvalue weighted by molar-refractivity contribution is 0.0954. The van der Waals surface area contributed by atoms with Gasteiger partial charge in [0.2, 0.25) is 0 Å². The van der Waals surface area contributed by atoms with Crippen LogP contribution in [0, 0.1) is 0 Å². The number of rotatable bonds is 6. The Morgan fingerprint density at radius 2 is 1.59 bits per heavy atom. The molecule has 0 fully saturated rings. The van der Waals surface area contributed by atoms with Gasteiger partial charge in [0.05, 0.1) is 0 Å². The third-order valence-corrected chi connectivity index (χ3v) is 4.60. The van der Waals surface area contributed by atoms with Crippen LogP contribution in [0.25, 0.3) is 0 Å². The van der Waals surface area contributed by atoms with Crippen molar-refractivity contribution in [3.05, 3.63) is 95.0 Å². The first-order valence-corrected chi connectivity index (χ1v) is 9.54. The van der Waals surface area contributed by atoms with E-state index in [2.05, 4.69) is 5.32 Å². The van der Waals surface area contributed by atoms with Crippen LogP contribution in [0.2, 0.25) is 5.02 Å². The number of carbonyl (C=O) groups is 2. The molecule has 0 aliphatic carbocycles. The summed E-state index contributed by atoms with van der Waals surface area (Å²) >= 11 is 5.87. The molecule has 3 aromatic carbocycles. The van der Waals surface area contributed by atoms with Gasteiger partial charge in [-0.3, -0.25) is 9.69 Å². The number of amides is 2. The van der Waals surface area contributed by atoms with Gasteiger partial charge in [0.1, 0.15) is 5.75 Å². The van der Waals surface area contributed by atoms with Crippen LogP contribution in [0.15, 0.2) is 78.9 Å². The molecule has 0 saturated heterocycles. The van der Waals surface area contributed by atoms with E-state index in [1.807, 2.05) is 54.6 Å². The van der Waals surface area contributed by atoms with Gasteiger partial charge in [0.15, 0.2) is 0 Å². The molecule has 0 radical (unpaired) electrons. The topological polar surface area (TPSA) is 58.6 Å². The minimum absolute atomic E-state index is 0.182. The Hall–Kier alpha value is -3.31. The maximum Gasteiger partial charge on any atom is 0.419 e. The maximum absolute atomic E-state index is 12.3. The number of para-hydroxylation sites is 1. The number of nitrogens with one attached hydrogen (secondary N) is 1. The molecule has 0 bridgehead atoms. The zero-order chi connectivity index (χ0) is 20.6. The summed E-state index contributed by atoms with van der Waals surface area (Å²) in [6.07, 6.45) is 0.209. The Morgan fingerprint density at radius 3 is 2.24 bits per heavy atom. The van der Waals surface area contributed by atoms with Crippen LogP contribution in [0.3, 0.4) is 0 Å². The summed E-state index contributed by atoms with van der Waals surface area (Å²) in [6.45, 7) is 0.513. The highest BCUT2D eigenvalue weighted by atomic mass is 35.5. The molecule has 0 spiro atoms. The molecule has 29 heavy (non-hydrogen) atoms. The van der Waals surface area contributed by atoms with Gasteiger partial charge >= 0.3 is 6.09 Å². The van der Waals surface area contributed by atoms with Gasteiger partial charge in [-0.1, -0.05) is 41.9 Å². The van der Waals surface area contributed by atoms with Crippen molar-refractivity contribution in [1.29, 1.82) is 0 Å². The lowest BCUT2D eigenvalue weighted by Crippen LogP contribution is -2.29. The Kier molecular flexibility index (Phi) is 6.87. The Balaban J connectivity index is 1.50. The van der Waals surface area contributed by atoms with E-state index < -0.39 is 6.09 Å². The quantitative estimate of drug-likeness (QED) is 0.628. The van der Waals surface area contributed by atoms with Crippen molar-refractivity contribution in [2.75, 3.05) is 18.5 Å². The second kappa shape index (κ2) is 9.75. The molecule has 5 nitrogen and oxygen atoms in total. The maximum atomic E-state index is 12.3. The molecule has 148 valence electrons. The van der Waals surface area contributed by atoms with Crippen LogP contribution in [-0.4, -0.2) is 25.6 Å². The van der Waals surface area contributed by atoms with Gasteiger partial charge < -0.3 is 10.1 Å². The van der Waals surface area contributed by atoms with E-state index in [0.29, 0.717) is 29.3 Å². The summed E-state index contributed by atoms with van der Waals surface area (Å²) in [5, 5.41) is 3.56. The van der Waals surface area contributed by atoms with Gasteiger partial charge in [-0.05, 0) is 60.5 Å². The lowest BCUT2D eigenvalue weighted by Gasteiger charge is -2.16. The molecular weight excluding hydrogens is 388 g/mol. The largest absolute Gasteiger partial charge is 0.419 e. The van der Waals surface area contributed by atoms with Gasteiger partial charge in [-0.15, -0.1) is 0 Å². The van der Waals surface area contributed by atoms with Crippen molar-refractivity contribution in [2.24, 2.45) is 0 Å². The highest BCUT2D eigenvalue weighted by Gasteiger charge is 2.13. The minimum atomic E-state index is -0.503. The Labute approximate surface area is 174 Å². The van der Waals surface area contributed by atoms with E-state index in [0.717, 1.165) is 11.3 Å². The summed E-state index contributed by atoms with van der Waals surface area (Å²) in [6, 6.07) is 23.2. The fourth-order valence-corrected chi connectivity index (χ4v) is 2.80. The summed E-state index contributed by atoms with van der Waals surface area (Å²) in [4.78, 5) is 25.9. The van der Waals surface area contributed by atoms with Gasteiger partial charge in [0.25, 0.3) is 5.91 Å². The number of hydrogen-bond donors (Lipinski definition) is 1. The zero-order valence-electron chi connectivity index (χ0n) is 16.0. The molecule has 0 saturated carbocycles. The molecule has 0 unspecified atom stereocenters. The second-order valence-corrected chi connectivity index (χ2v) is 6.86. The number of hydrogen-bond acceptors (Lipinski definition) is 3. The normalized spacial score (nSPS) is 10.3. The summed E-state index contributed by atoms with van der Waals surface area (Å²) in [5.41, 5.74) is 2.33. The molecule has 0 heterocycles. The van der Waals surface area contributed by atoms with Crippen molar-refractivity contribution in [3.63, 3.8) is 0 Å². The van der Waals surface area contributed by atoms with Gasteiger partial charge in [-0.25, -0.2) is 4.79 Å². The smallest absolute Gasteiger partial charge is 0.410 e. The third kappa shape index (κ3) is 5.83. The molecule has 2 amide bonds. The minimum Gasteiger partial charge on any atom is -0.410 e. The van der Waals surface area contributed by atoms with Crippen LogP contribution in [0.1, 0.15) is 15.9 Å². The van der Waals surface area contributed by atoms with Crippen LogP contribution in [0.4, 0.5) is 10.5 Å². The standard InChI is InChI=1S/C23H21ClN2O3/c1-26(20-5-3-2-4-6-20)23(28)29-21-13-9-18(10-14-21)22(27)25-16-15-17-7-11-19(24)12-8-17/h2-14H,15-16H2,1H3,(H,25,27). The van der Waals surface area contributed by atoms with Gasteiger partial charge in [-0.2, -0.15) is 0 Å². The SMILES string of the molecule is CN(C(=O)Oc1ccc(C(=O)NCCc2ccc(Cl)cc2)cc1)c1ccccc1. The molecule has 0 atom stereocenters. The van der Waals surface area contributed by atoms with Crippen molar-refractivity contribution < 1.29 is 14.3 Å². The molecule has 3 rings (SSSR count). The van der Waals surface area contributed by atoms with E-state index >= 15 is 0 Å². The molecular formula is C23H21ClN2O3. The molecule has 6 heteroatoms.